The Morgan fingerprint density at radius 1 is 1.26 bits per heavy atom. The molecule has 0 aliphatic heterocycles. The Hall–Kier alpha value is -2.11. The van der Waals surface area contributed by atoms with Gasteiger partial charge in [0.25, 0.3) is 5.91 Å². The third kappa shape index (κ3) is 3.94. The van der Waals surface area contributed by atoms with E-state index in [1.54, 1.807) is 31.1 Å². The first-order valence-corrected chi connectivity index (χ1v) is 6.23. The number of hydrogen-bond acceptors (Lipinski definition) is 3. The van der Waals surface area contributed by atoms with Crippen molar-refractivity contribution in [2.24, 2.45) is 0 Å². The maximum atomic E-state index is 11.9. The Bertz CT molecular complexity index is 456. The van der Waals surface area contributed by atoms with Crippen LogP contribution in [0, 0.1) is 0 Å². The molecule has 0 radical (unpaired) electrons. The van der Waals surface area contributed by atoms with Gasteiger partial charge in [0.05, 0.1) is 0 Å². The van der Waals surface area contributed by atoms with Crippen LogP contribution in [0.2, 0.25) is 0 Å². The van der Waals surface area contributed by atoms with E-state index in [4.69, 9.17) is 0 Å². The number of aromatic nitrogens is 1. The van der Waals surface area contributed by atoms with Crippen LogP contribution >= 0.6 is 0 Å². The Kier molecular flexibility index (Phi) is 5.29. The highest BCUT2D eigenvalue weighted by Crippen LogP contribution is 2.10. The van der Waals surface area contributed by atoms with Crippen molar-refractivity contribution in [1.82, 2.24) is 14.8 Å². The van der Waals surface area contributed by atoms with Crippen molar-refractivity contribution in [1.29, 1.82) is 0 Å². The van der Waals surface area contributed by atoms with Crippen LogP contribution in [0.15, 0.2) is 18.3 Å². The number of nitrogens with one attached hydrogen (secondary N) is 1. The Balaban J connectivity index is 2.83. The minimum atomic E-state index is -0.195. The number of anilines is 1. The van der Waals surface area contributed by atoms with Crippen molar-refractivity contribution >= 4 is 17.6 Å². The molecule has 0 aliphatic carbocycles. The number of amides is 3. The van der Waals surface area contributed by atoms with Gasteiger partial charge in [-0.2, -0.15) is 0 Å². The fourth-order valence-corrected chi connectivity index (χ4v) is 1.57. The summed E-state index contributed by atoms with van der Waals surface area (Å²) < 4.78 is 0. The summed E-state index contributed by atoms with van der Waals surface area (Å²) in [5.41, 5.74) is 0.874. The molecule has 0 aromatic carbocycles. The topological polar surface area (TPSA) is 65.5 Å². The average Bonchev–Trinajstić information content (AvgIpc) is 2.39. The molecule has 0 bridgehead atoms. The molecule has 1 rings (SSSR count). The molecule has 0 aliphatic rings. The van der Waals surface area contributed by atoms with E-state index in [2.05, 4.69) is 10.3 Å². The quantitative estimate of drug-likeness (QED) is 0.899. The van der Waals surface area contributed by atoms with Crippen molar-refractivity contribution in [3.05, 3.63) is 24.0 Å². The van der Waals surface area contributed by atoms with Gasteiger partial charge in [-0.1, -0.05) is 0 Å². The Morgan fingerprint density at radius 3 is 2.42 bits per heavy atom. The summed E-state index contributed by atoms with van der Waals surface area (Å²) in [6, 6.07) is 3.05. The highest BCUT2D eigenvalue weighted by molar-refractivity contribution is 5.95. The molecule has 1 aromatic rings. The average molecular weight is 264 g/mol. The first-order valence-electron chi connectivity index (χ1n) is 6.23. The van der Waals surface area contributed by atoms with Gasteiger partial charge in [0.15, 0.2) is 0 Å². The third-order valence-corrected chi connectivity index (χ3v) is 2.69. The van der Waals surface area contributed by atoms with Gasteiger partial charge in [0.1, 0.15) is 5.69 Å². The van der Waals surface area contributed by atoms with E-state index in [0.29, 0.717) is 24.5 Å². The first-order chi connectivity index (χ1) is 8.99. The molecule has 1 N–H and O–H groups in total. The molecule has 104 valence electrons. The van der Waals surface area contributed by atoms with Crippen molar-refractivity contribution in [3.8, 4) is 0 Å². The lowest BCUT2D eigenvalue weighted by atomic mass is 10.3. The number of hydrogen-bond donors (Lipinski definition) is 1. The van der Waals surface area contributed by atoms with Gasteiger partial charge in [-0.15, -0.1) is 0 Å². The highest BCUT2D eigenvalue weighted by atomic mass is 16.2. The minimum Gasteiger partial charge on any atom is -0.343 e. The molecule has 0 atom stereocenters. The molecule has 1 heterocycles. The molecule has 6 heteroatoms. The summed E-state index contributed by atoms with van der Waals surface area (Å²) in [5, 5.41) is 2.75. The van der Waals surface area contributed by atoms with Crippen LogP contribution in [-0.4, -0.2) is 53.9 Å². The number of carbonyl (C=O) groups is 2. The van der Waals surface area contributed by atoms with E-state index in [-0.39, 0.29) is 11.9 Å². The lowest BCUT2D eigenvalue weighted by Gasteiger charge is -2.19. The first kappa shape index (κ1) is 14.9. The predicted molar refractivity (Wildman–Crippen MR) is 74.2 cm³/mol. The van der Waals surface area contributed by atoms with Crippen LogP contribution in [0.4, 0.5) is 10.5 Å². The molecule has 1 aromatic heterocycles. The van der Waals surface area contributed by atoms with Crippen LogP contribution in [-0.2, 0) is 0 Å². The van der Waals surface area contributed by atoms with Gasteiger partial charge in [-0.3, -0.25) is 9.78 Å². The zero-order valence-corrected chi connectivity index (χ0v) is 11.8. The molecule has 3 amide bonds. The second kappa shape index (κ2) is 6.72. The van der Waals surface area contributed by atoms with Crippen molar-refractivity contribution in [2.75, 3.05) is 32.5 Å². The molecule has 0 saturated heterocycles. The number of nitrogens with zero attached hydrogens (tertiary/aromatic N) is 3. The fourth-order valence-electron chi connectivity index (χ4n) is 1.57. The van der Waals surface area contributed by atoms with Gasteiger partial charge >= 0.3 is 6.03 Å². The summed E-state index contributed by atoms with van der Waals surface area (Å²) >= 11 is 0. The lowest BCUT2D eigenvalue weighted by Crippen LogP contribution is -2.34. The normalized spacial score (nSPS) is 9.89. The molecule has 0 fully saturated rings. The third-order valence-electron chi connectivity index (χ3n) is 2.69. The predicted octanol–water partition coefficient (Wildman–Crippen LogP) is 1.66. The van der Waals surface area contributed by atoms with Gasteiger partial charge in [-0.25, -0.2) is 4.79 Å². The highest BCUT2D eigenvalue weighted by Gasteiger charge is 2.13. The van der Waals surface area contributed by atoms with E-state index in [0.717, 1.165) is 0 Å². The number of pyridine rings is 1. The zero-order chi connectivity index (χ0) is 14.4. The fraction of sp³-hybridized carbons (Fsp3) is 0.462. The second-order valence-electron chi connectivity index (χ2n) is 4.23. The largest absolute Gasteiger partial charge is 0.343 e. The summed E-state index contributed by atoms with van der Waals surface area (Å²) in [5.74, 6) is -0.195. The zero-order valence-electron chi connectivity index (χ0n) is 11.8. The van der Waals surface area contributed by atoms with Crippen molar-refractivity contribution < 1.29 is 9.59 Å². The molecule has 0 spiro atoms. The van der Waals surface area contributed by atoms with Crippen LogP contribution in [0.25, 0.3) is 0 Å². The number of urea groups is 1. The van der Waals surface area contributed by atoms with Gasteiger partial charge < -0.3 is 15.1 Å². The van der Waals surface area contributed by atoms with Gasteiger partial charge in [0, 0.05) is 39.1 Å². The van der Waals surface area contributed by atoms with E-state index < -0.39 is 0 Å². The van der Waals surface area contributed by atoms with Crippen LogP contribution < -0.4 is 5.32 Å². The summed E-state index contributed by atoms with van der Waals surface area (Å²) in [4.78, 5) is 30.8. The van der Waals surface area contributed by atoms with Gasteiger partial charge in [0.2, 0.25) is 0 Å². The van der Waals surface area contributed by atoms with E-state index >= 15 is 0 Å². The SMILES string of the molecule is CCN(CC)C(=O)Nc1ccnc(C(=O)N(C)C)c1. The van der Waals surface area contributed by atoms with E-state index in [9.17, 15) is 9.59 Å². The Morgan fingerprint density at radius 2 is 1.89 bits per heavy atom. The van der Waals surface area contributed by atoms with Crippen molar-refractivity contribution in [3.63, 3.8) is 0 Å². The standard InChI is InChI=1S/C13H20N4O2/c1-5-17(6-2)13(19)15-10-7-8-14-11(9-10)12(18)16(3)4/h7-9H,5-6H2,1-4H3,(H,14,15,19). The van der Waals surface area contributed by atoms with Gasteiger partial charge in [-0.05, 0) is 26.0 Å². The molecular formula is C13H20N4O2. The molecule has 19 heavy (non-hydrogen) atoms. The lowest BCUT2D eigenvalue weighted by molar-refractivity contribution is 0.0822. The molecule has 0 unspecified atom stereocenters. The number of carbonyl (C=O) groups excluding carboxylic acids is 2. The van der Waals surface area contributed by atoms with Crippen molar-refractivity contribution in [2.45, 2.75) is 13.8 Å². The van der Waals surface area contributed by atoms with Crippen LogP contribution in [0.1, 0.15) is 24.3 Å². The van der Waals surface area contributed by atoms with Crippen LogP contribution in [0.5, 0.6) is 0 Å². The molecule has 0 saturated carbocycles. The van der Waals surface area contributed by atoms with E-state index in [1.807, 2.05) is 13.8 Å². The van der Waals surface area contributed by atoms with E-state index in [1.165, 1.54) is 11.1 Å². The smallest absolute Gasteiger partial charge is 0.321 e. The minimum absolute atomic E-state index is 0.181. The summed E-state index contributed by atoms with van der Waals surface area (Å²) in [7, 11) is 3.32. The molecular weight excluding hydrogens is 244 g/mol. The summed E-state index contributed by atoms with van der Waals surface area (Å²) in [6.07, 6.45) is 1.51. The molecule has 6 nitrogen and oxygen atoms in total. The number of rotatable bonds is 4. The maximum Gasteiger partial charge on any atom is 0.321 e. The monoisotopic (exact) mass is 264 g/mol. The maximum absolute atomic E-state index is 11.9. The second-order valence-corrected chi connectivity index (χ2v) is 4.23. The Labute approximate surface area is 113 Å². The van der Waals surface area contributed by atoms with Crippen LogP contribution in [0.3, 0.4) is 0 Å². The summed E-state index contributed by atoms with van der Waals surface area (Å²) in [6.45, 7) is 5.10.